The van der Waals surface area contributed by atoms with Gasteiger partial charge in [0, 0.05) is 12.1 Å². The van der Waals surface area contributed by atoms with Gasteiger partial charge in [-0.15, -0.1) is 0 Å². The van der Waals surface area contributed by atoms with Crippen LogP contribution in [0.15, 0.2) is 18.2 Å². The highest BCUT2D eigenvalue weighted by molar-refractivity contribution is 5.64. The maximum absolute atomic E-state index is 11.2. The summed E-state index contributed by atoms with van der Waals surface area (Å²) in [6.07, 6.45) is 3.19. The number of nitriles is 1. The summed E-state index contributed by atoms with van der Waals surface area (Å²) >= 11 is 0. The summed E-state index contributed by atoms with van der Waals surface area (Å²) in [7, 11) is 0. The van der Waals surface area contributed by atoms with Crippen LogP contribution in [0.2, 0.25) is 0 Å². The molecule has 1 fully saturated rings. The fourth-order valence-electron chi connectivity index (χ4n) is 3.55. The minimum Gasteiger partial charge on any atom is -0.377 e. The molecule has 1 aromatic carbocycles. The van der Waals surface area contributed by atoms with E-state index in [9.17, 15) is 10.1 Å². The Morgan fingerprint density at radius 1 is 1.43 bits per heavy atom. The van der Waals surface area contributed by atoms with E-state index in [1.165, 1.54) is 12.5 Å². The van der Waals surface area contributed by atoms with Gasteiger partial charge in [0.1, 0.15) is 5.69 Å². The van der Waals surface area contributed by atoms with Crippen LogP contribution in [0, 0.1) is 32.8 Å². The van der Waals surface area contributed by atoms with Crippen LogP contribution in [0.1, 0.15) is 45.6 Å². The van der Waals surface area contributed by atoms with Gasteiger partial charge in [-0.3, -0.25) is 10.1 Å². The maximum Gasteiger partial charge on any atom is 0.293 e. The summed E-state index contributed by atoms with van der Waals surface area (Å²) in [4.78, 5) is 10.7. The highest BCUT2D eigenvalue weighted by atomic mass is 16.6. The molecule has 1 aromatic rings. The number of nitrogens with zero attached hydrogens (tertiary/aromatic N) is 2. The van der Waals surface area contributed by atoms with E-state index in [4.69, 9.17) is 5.26 Å². The highest BCUT2D eigenvalue weighted by Crippen LogP contribution is 2.40. The second-order valence-electron chi connectivity index (χ2n) is 6.86. The largest absolute Gasteiger partial charge is 0.377 e. The van der Waals surface area contributed by atoms with Gasteiger partial charge in [-0.05, 0) is 42.7 Å². The fraction of sp³-hybridized carbons (Fsp3) is 0.562. The van der Waals surface area contributed by atoms with Gasteiger partial charge >= 0.3 is 0 Å². The average molecular weight is 287 g/mol. The Kier molecular flexibility index (Phi) is 4.17. The van der Waals surface area contributed by atoms with E-state index in [1.807, 2.05) is 6.07 Å². The predicted molar refractivity (Wildman–Crippen MR) is 82.0 cm³/mol. The van der Waals surface area contributed by atoms with Crippen LogP contribution in [0.4, 0.5) is 11.4 Å². The zero-order valence-corrected chi connectivity index (χ0v) is 12.7. The molecule has 0 amide bonds. The van der Waals surface area contributed by atoms with E-state index >= 15 is 0 Å². The molecule has 1 N–H and O–H groups in total. The molecule has 0 radical (unpaired) electrons. The number of hydrogen-bond donors (Lipinski definition) is 1. The lowest BCUT2D eigenvalue weighted by atomic mass is 9.70. The van der Waals surface area contributed by atoms with Crippen LogP contribution in [-0.4, -0.2) is 11.0 Å². The van der Waals surface area contributed by atoms with E-state index in [2.05, 4.69) is 26.1 Å². The monoisotopic (exact) mass is 287 g/mol. The first-order chi connectivity index (χ1) is 9.80. The molecule has 1 aliphatic rings. The third-order valence-electron chi connectivity index (χ3n) is 4.07. The van der Waals surface area contributed by atoms with E-state index in [1.54, 1.807) is 12.1 Å². The number of nitrogens with one attached hydrogen (secondary N) is 1. The van der Waals surface area contributed by atoms with Crippen molar-refractivity contribution in [1.29, 1.82) is 5.26 Å². The zero-order chi connectivity index (χ0) is 15.6. The highest BCUT2D eigenvalue weighted by Gasteiger charge is 2.32. The lowest BCUT2D eigenvalue weighted by molar-refractivity contribution is -0.384. The molecule has 1 saturated carbocycles. The molecular formula is C16H21N3O2. The number of rotatable bonds is 3. The first-order valence-electron chi connectivity index (χ1n) is 7.26. The van der Waals surface area contributed by atoms with Crippen molar-refractivity contribution in [2.75, 3.05) is 5.32 Å². The summed E-state index contributed by atoms with van der Waals surface area (Å²) in [6.45, 7) is 6.71. The normalized spacial score (nSPS) is 24.1. The average Bonchev–Trinajstić information content (AvgIpc) is 2.36. The van der Waals surface area contributed by atoms with Crippen molar-refractivity contribution in [3.63, 3.8) is 0 Å². The second-order valence-corrected chi connectivity index (χ2v) is 6.86. The van der Waals surface area contributed by atoms with Gasteiger partial charge in [0.05, 0.1) is 16.6 Å². The lowest BCUT2D eigenvalue weighted by Crippen LogP contribution is -2.35. The van der Waals surface area contributed by atoms with Crippen molar-refractivity contribution in [2.24, 2.45) is 11.3 Å². The van der Waals surface area contributed by atoms with Gasteiger partial charge < -0.3 is 5.32 Å². The standard InChI is InChI=1S/C16H21N3O2/c1-11-6-13(9-16(2,3)8-11)18-14-5-4-12(10-17)7-15(14)19(20)21/h4-5,7,11,13,18H,6,8-9H2,1-3H3/t11-,13-/m0/s1. The second kappa shape index (κ2) is 5.72. The van der Waals surface area contributed by atoms with Crippen molar-refractivity contribution >= 4 is 11.4 Å². The van der Waals surface area contributed by atoms with E-state index < -0.39 is 4.92 Å². The Hall–Kier alpha value is -2.09. The molecule has 0 spiro atoms. The zero-order valence-electron chi connectivity index (χ0n) is 12.7. The van der Waals surface area contributed by atoms with Crippen LogP contribution in [0.5, 0.6) is 0 Å². The SMILES string of the molecule is C[C@H]1C[C@H](Nc2ccc(C#N)cc2[N+](=O)[O-])CC(C)(C)C1. The maximum atomic E-state index is 11.2. The molecule has 0 aromatic heterocycles. The van der Waals surface area contributed by atoms with E-state index in [0.717, 1.165) is 12.8 Å². The molecule has 0 aliphatic heterocycles. The first-order valence-corrected chi connectivity index (χ1v) is 7.26. The Bertz CT molecular complexity index is 590. The van der Waals surface area contributed by atoms with Crippen molar-refractivity contribution < 1.29 is 4.92 Å². The molecule has 2 atom stereocenters. The number of nitro groups is 1. The van der Waals surface area contributed by atoms with Gasteiger partial charge in [0.25, 0.3) is 5.69 Å². The minimum absolute atomic E-state index is 0.0231. The predicted octanol–water partition coefficient (Wildman–Crippen LogP) is 4.09. The molecule has 2 rings (SSSR count). The smallest absolute Gasteiger partial charge is 0.293 e. The number of benzene rings is 1. The lowest BCUT2D eigenvalue weighted by Gasteiger charge is -2.39. The van der Waals surface area contributed by atoms with Gasteiger partial charge in [-0.25, -0.2) is 0 Å². The van der Waals surface area contributed by atoms with Crippen molar-refractivity contribution in [3.8, 4) is 6.07 Å². The molecule has 0 saturated heterocycles. The molecule has 112 valence electrons. The topological polar surface area (TPSA) is 79.0 Å². The quantitative estimate of drug-likeness (QED) is 0.670. The summed E-state index contributed by atoms with van der Waals surface area (Å²) in [6, 6.07) is 6.77. The Labute approximate surface area is 125 Å². The molecule has 0 bridgehead atoms. The van der Waals surface area contributed by atoms with E-state index in [0.29, 0.717) is 17.2 Å². The van der Waals surface area contributed by atoms with Crippen molar-refractivity contribution in [1.82, 2.24) is 0 Å². The summed E-state index contributed by atoms with van der Waals surface area (Å²) in [5.41, 5.74) is 1.04. The van der Waals surface area contributed by atoms with Crippen LogP contribution >= 0.6 is 0 Å². The van der Waals surface area contributed by atoms with Gasteiger partial charge in [-0.1, -0.05) is 20.8 Å². The third-order valence-corrected chi connectivity index (χ3v) is 4.07. The van der Waals surface area contributed by atoms with Crippen LogP contribution in [0.3, 0.4) is 0 Å². The van der Waals surface area contributed by atoms with Crippen molar-refractivity contribution in [2.45, 2.75) is 46.1 Å². The first kappa shape index (κ1) is 15.3. The van der Waals surface area contributed by atoms with Gasteiger partial charge in [-0.2, -0.15) is 5.26 Å². The Balaban J connectivity index is 2.23. The van der Waals surface area contributed by atoms with Gasteiger partial charge in [0.15, 0.2) is 0 Å². The summed E-state index contributed by atoms with van der Waals surface area (Å²) in [5.74, 6) is 0.601. The van der Waals surface area contributed by atoms with Gasteiger partial charge in [0.2, 0.25) is 0 Å². The molecule has 21 heavy (non-hydrogen) atoms. The van der Waals surface area contributed by atoms with Crippen molar-refractivity contribution in [3.05, 3.63) is 33.9 Å². The number of hydrogen-bond acceptors (Lipinski definition) is 4. The molecule has 5 heteroatoms. The Morgan fingerprint density at radius 2 is 2.14 bits per heavy atom. The number of anilines is 1. The molecular weight excluding hydrogens is 266 g/mol. The number of nitro benzene ring substituents is 1. The Morgan fingerprint density at radius 3 is 2.71 bits per heavy atom. The van der Waals surface area contributed by atoms with E-state index in [-0.39, 0.29) is 17.1 Å². The van der Waals surface area contributed by atoms with Crippen LogP contribution < -0.4 is 5.32 Å². The molecule has 0 heterocycles. The van der Waals surface area contributed by atoms with Crippen LogP contribution in [-0.2, 0) is 0 Å². The molecule has 1 aliphatic carbocycles. The minimum atomic E-state index is -0.430. The van der Waals surface area contributed by atoms with Crippen LogP contribution in [0.25, 0.3) is 0 Å². The summed E-state index contributed by atoms with van der Waals surface area (Å²) < 4.78 is 0. The molecule has 0 unspecified atom stereocenters. The third kappa shape index (κ3) is 3.72. The summed E-state index contributed by atoms with van der Waals surface area (Å²) in [5, 5.41) is 23.4. The fourth-order valence-corrected chi connectivity index (χ4v) is 3.55. The molecule has 5 nitrogen and oxygen atoms in total.